The first-order chi connectivity index (χ1) is 5.40. The van der Waals surface area contributed by atoms with E-state index in [1.54, 1.807) is 0 Å². The normalized spacial score (nSPS) is 10.6. The summed E-state index contributed by atoms with van der Waals surface area (Å²) in [6.07, 6.45) is 3.93. The lowest BCUT2D eigenvalue weighted by atomic mass is 10.5. The number of imidazole rings is 1. The van der Waals surface area contributed by atoms with Crippen molar-refractivity contribution in [1.29, 1.82) is 0 Å². The van der Waals surface area contributed by atoms with Gasteiger partial charge in [0.05, 0.1) is 5.69 Å². The molecule has 0 unspecified atom stereocenters. The monoisotopic (exact) mass is 163 g/mol. The van der Waals surface area contributed by atoms with Crippen LogP contribution in [0.25, 0.3) is 5.65 Å². The Kier molecular flexibility index (Phi) is 1.58. The summed E-state index contributed by atoms with van der Waals surface area (Å²) >= 11 is 4.88. The van der Waals surface area contributed by atoms with Crippen LogP contribution in [0, 0.1) is 0 Å². The Hall–Kier alpha value is -0.960. The van der Waals surface area contributed by atoms with Crippen LogP contribution >= 0.6 is 12.6 Å². The first-order valence-corrected chi connectivity index (χ1v) is 3.98. The first kappa shape index (κ1) is 6.73. The van der Waals surface area contributed by atoms with E-state index in [0.717, 1.165) is 11.3 Å². The van der Waals surface area contributed by atoms with Crippen LogP contribution in [0.2, 0.25) is 0 Å². The third kappa shape index (κ3) is 1.12. The summed E-state index contributed by atoms with van der Waals surface area (Å²) in [6, 6.07) is 5.91. The average molecular weight is 163 g/mol. The summed E-state index contributed by atoms with van der Waals surface area (Å²) in [6.45, 7) is 0. The van der Waals surface area contributed by atoms with Crippen LogP contribution in [0.1, 0.15) is 5.69 Å². The highest BCUT2D eigenvalue weighted by Gasteiger charge is 1.96. The van der Waals surface area contributed by atoms with Crippen LogP contribution in [-0.4, -0.2) is 9.38 Å². The zero-order chi connectivity index (χ0) is 7.68. The Bertz CT molecular complexity index is 334. The van der Waals surface area contributed by atoms with Gasteiger partial charge in [-0.3, -0.25) is 0 Å². The van der Waals surface area contributed by atoms with Gasteiger partial charge in [0.25, 0.3) is 0 Å². The maximum absolute atomic E-state index is 4.88. The smallest absolute Gasteiger partial charge is 0.137 e. The molecule has 0 saturated carbocycles. The van der Waals surface area contributed by atoms with Crippen molar-refractivity contribution in [1.82, 2.24) is 9.38 Å². The van der Waals surface area contributed by atoms with Gasteiger partial charge in [-0.15, -0.1) is 0 Å². The van der Waals surface area contributed by atoms with Gasteiger partial charge in [-0.2, -0.15) is 0 Å². The molecule has 2 aromatic rings. The molecule has 2 heterocycles. The van der Waals surface area contributed by atoms with Gasteiger partial charge in [0.15, 0.2) is 0 Å². The molecule has 0 bridgehead atoms. The molecule has 0 aromatic carbocycles. The number of rotatable bonds is 1. The molecule has 2 nitrogen and oxygen atoms in total. The molecule has 55 valence electrons. The zero-order valence-electron chi connectivity index (χ0n) is 5.90. The summed E-state index contributed by atoms with van der Waals surface area (Å²) in [5.41, 5.74) is 1.93. The molecular weight excluding hydrogens is 156 g/mol. The lowest BCUT2D eigenvalue weighted by molar-refractivity contribution is 1.18. The summed E-state index contributed by atoms with van der Waals surface area (Å²) in [7, 11) is 0. The molecule has 0 spiro atoms. The van der Waals surface area contributed by atoms with E-state index < -0.39 is 0 Å². The fraction of sp³-hybridized carbons (Fsp3) is 0.125. The van der Waals surface area contributed by atoms with Crippen LogP contribution < -0.4 is 0 Å². The van der Waals surface area contributed by atoms with Crippen molar-refractivity contribution in [3.63, 3.8) is 0 Å². The molecule has 1 radical (unpaired) electrons. The zero-order valence-corrected chi connectivity index (χ0v) is 6.71. The van der Waals surface area contributed by atoms with Gasteiger partial charge in [0.1, 0.15) is 5.65 Å². The second-order valence-corrected chi connectivity index (χ2v) is 2.63. The second kappa shape index (κ2) is 2.58. The van der Waals surface area contributed by atoms with Crippen molar-refractivity contribution in [3.05, 3.63) is 36.3 Å². The Labute approximate surface area is 70.3 Å². The number of aromatic nitrogens is 2. The van der Waals surface area contributed by atoms with E-state index in [9.17, 15) is 0 Å². The Morgan fingerprint density at radius 2 is 2.36 bits per heavy atom. The van der Waals surface area contributed by atoms with E-state index in [-0.39, 0.29) is 0 Å². The van der Waals surface area contributed by atoms with Crippen LogP contribution in [0.4, 0.5) is 0 Å². The van der Waals surface area contributed by atoms with Gasteiger partial charge in [0.2, 0.25) is 0 Å². The quantitative estimate of drug-likeness (QED) is 0.628. The molecule has 0 atom stereocenters. The standard InChI is InChI=1S/C8H7N2S/c11-6-7-5-10-4-2-1-3-8(10)9-7/h1-5H,6H2. The van der Waals surface area contributed by atoms with Gasteiger partial charge in [-0.1, -0.05) is 18.7 Å². The van der Waals surface area contributed by atoms with Crippen LogP contribution in [0.5, 0.6) is 0 Å². The Balaban J connectivity index is 2.69. The predicted molar refractivity (Wildman–Crippen MR) is 46.5 cm³/mol. The average Bonchev–Trinajstić information content (AvgIpc) is 2.46. The van der Waals surface area contributed by atoms with E-state index >= 15 is 0 Å². The molecule has 0 N–H and O–H groups in total. The maximum Gasteiger partial charge on any atom is 0.137 e. The SMILES string of the molecule is [S]Cc1cn2ccccc2n1. The van der Waals surface area contributed by atoms with Crippen LogP contribution in [0.3, 0.4) is 0 Å². The van der Waals surface area contributed by atoms with E-state index in [4.69, 9.17) is 12.6 Å². The summed E-state index contributed by atoms with van der Waals surface area (Å²) < 4.78 is 1.97. The van der Waals surface area contributed by atoms with Gasteiger partial charge < -0.3 is 4.40 Å². The Morgan fingerprint density at radius 1 is 1.45 bits per heavy atom. The minimum absolute atomic E-state index is 0.585. The fourth-order valence-corrected chi connectivity index (χ4v) is 1.20. The van der Waals surface area contributed by atoms with Crippen molar-refractivity contribution in [2.45, 2.75) is 5.75 Å². The topological polar surface area (TPSA) is 17.3 Å². The molecule has 0 aliphatic heterocycles. The van der Waals surface area contributed by atoms with Crippen molar-refractivity contribution in [2.24, 2.45) is 0 Å². The number of hydrogen-bond donors (Lipinski definition) is 0. The summed E-state index contributed by atoms with van der Waals surface area (Å²) in [4.78, 5) is 4.29. The van der Waals surface area contributed by atoms with Crippen LogP contribution in [-0.2, 0) is 5.75 Å². The molecular formula is C8H7N2S. The number of fused-ring (bicyclic) bond motifs is 1. The molecule has 11 heavy (non-hydrogen) atoms. The van der Waals surface area contributed by atoms with E-state index in [1.165, 1.54) is 0 Å². The van der Waals surface area contributed by atoms with Crippen molar-refractivity contribution < 1.29 is 0 Å². The largest absolute Gasteiger partial charge is 0.307 e. The minimum atomic E-state index is 0.585. The summed E-state index contributed by atoms with van der Waals surface area (Å²) in [5, 5.41) is 0. The minimum Gasteiger partial charge on any atom is -0.307 e. The van der Waals surface area contributed by atoms with Crippen molar-refractivity contribution in [2.75, 3.05) is 0 Å². The third-order valence-corrected chi connectivity index (χ3v) is 1.86. The summed E-state index contributed by atoms with van der Waals surface area (Å²) in [5.74, 6) is 0.585. The van der Waals surface area contributed by atoms with Gasteiger partial charge in [0, 0.05) is 18.1 Å². The van der Waals surface area contributed by atoms with E-state index in [2.05, 4.69) is 4.98 Å². The molecule has 2 rings (SSSR count). The molecule has 0 amide bonds. The number of pyridine rings is 1. The van der Waals surface area contributed by atoms with E-state index in [1.807, 2.05) is 35.0 Å². The van der Waals surface area contributed by atoms with Crippen molar-refractivity contribution in [3.8, 4) is 0 Å². The molecule has 3 heteroatoms. The maximum atomic E-state index is 4.88. The Morgan fingerprint density at radius 3 is 3.09 bits per heavy atom. The highest BCUT2D eigenvalue weighted by molar-refractivity contribution is 7.79. The molecule has 0 aliphatic carbocycles. The fourth-order valence-electron chi connectivity index (χ4n) is 1.06. The molecule has 0 saturated heterocycles. The third-order valence-electron chi connectivity index (χ3n) is 1.56. The lowest BCUT2D eigenvalue weighted by Crippen LogP contribution is -1.77. The number of hydrogen-bond acceptors (Lipinski definition) is 1. The molecule has 0 aliphatic rings. The van der Waals surface area contributed by atoms with Gasteiger partial charge in [-0.25, -0.2) is 4.98 Å². The van der Waals surface area contributed by atoms with Crippen molar-refractivity contribution >= 4 is 18.3 Å². The first-order valence-electron chi connectivity index (χ1n) is 3.41. The van der Waals surface area contributed by atoms with Gasteiger partial charge >= 0.3 is 0 Å². The number of nitrogens with zero attached hydrogens (tertiary/aromatic N) is 2. The predicted octanol–water partition coefficient (Wildman–Crippen LogP) is 2.03. The highest BCUT2D eigenvalue weighted by atomic mass is 32.1. The van der Waals surface area contributed by atoms with E-state index in [0.29, 0.717) is 5.75 Å². The molecule has 2 aromatic heterocycles. The van der Waals surface area contributed by atoms with Crippen LogP contribution in [0.15, 0.2) is 30.6 Å². The lowest BCUT2D eigenvalue weighted by Gasteiger charge is -1.86. The second-order valence-electron chi connectivity index (χ2n) is 2.34. The van der Waals surface area contributed by atoms with Gasteiger partial charge in [-0.05, 0) is 12.1 Å². The molecule has 0 fully saturated rings. The highest BCUT2D eigenvalue weighted by Crippen LogP contribution is 2.05.